The number of hydrogen-bond donors (Lipinski definition) is 3. The Kier molecular flexibility index (Phi) is 9.83. The zero-order valence-corrected chi connectivity index (χ0v) is 17.8. The first-order valence-corrected chi connectivity index (χ1v) is 10.7. The van der Waals surface area contributed by atoms with Crippen LogP contribution in [0.5, 0.6) is 0 Å². The number of nitrogens with one attached hydrogen (secondary N) is 3. The van der Waals surface area contributed by atoms with Crippen LogP contribution in [0, 0.1) is 5.92 Å². The molecule has 0 spiro atoms. The maximum atomic E-state index is 11.8. The van der Waals surface area contributed by atoms with Crippen LogP contribution >= 0.6 is 0 Å². The Hall–Kier alpha value is -2.08. The van der Waals surface area contributed by atoms with E-state index in [1.54, 1.807) is 7.05 Å². The second kappa shape index (κ2) is 12.4. The van der Waals surface area contributed by atoms with Crippen LogP contribution in [0.3, 0.4) is 0 Å². The molecule has 1 unspecified atom stereocenters. The molecule has 1 atom stereocenters. The summed E-state index contributed by atoms with van der Waals surface area (Å²) in [6.45, 7) is 10.5. The van der Waals surface area contributed by atoms with Crippen LogP contribution in [0.1, 0.15) is 49.0 Å². The summed E-state index contributed by atoms with van der Waals surface area (Å²) in [5, 5.41) is 9.38. The third-order valence-corrected chi connectivity index (χ3v) is 5.11. The average molecular weight is 388 g/mol. The van der Waals surface area contributed by atoms with E-state index in [1.807, 2.05) is 18.2 Å². The summed E-state index contributed by atoms with van der Waals surface area (Å²) in [4.78, 5) is 19.0. The molecule has 28 heavy (non-hydrogen) atoms. The van der Waals surface area contributed by atoms with E-state index in [-0.39, 0.29) is 5.91 Å². The standard InChI is InChI=1S/C22H37N5O/c1-4-24-22(25-12-7-15-27-14-6-8-18(2)17-27)26-13-11-19-9-5-10-20(16-19)21(28)23-3/h5,9-10,16,18H,4,6-8,11-15,17H2,1-3H3,(H,23,28)(H2,24,25,26). The molecule has 1 aliphatic rings. The third kappa shape index (κ3) is 7.89. The molecule has 2 rings (SSSR count). The van der Waals surface area contributed by atoms with Crippen LogP contribution in [0.15, 0.2) is 29.3 Å². The molecule has 1 aliphatic heterocycles. The molecule has 6 nitrogen and oxygen atoms in total. The van der Waals surface area contributed by atoms with Gasteiger partial charge in [0.15, 0.2) is 5.96 Å². The van der Waals surface area contributed by atoms with Crippen molar-refractivity contribution in [1.82, 2.24) is 20.9 Å². The van der Waals surface area contributed by atoms with E-state index in [0.29, 0.717) is 5.56 Å². The molecule has 0 aromatic heterocycles. The predicted octanol–water partition coefficient (Wildman–Crippen LogP) is 2.27. The van der Waals surface area contributed by atoms with Crippen LogP contribution in [-0.4, -0.2) is 63.1 Å². The third-order valence-electron chi connectivity index (χ3n) is 5.11. The van der Waals surface area contributed by atoms with Gasteiger partial charge in [0.1, 0.15) is 0 Å². The summed E-state index contributed by atoms with van der Waals surface area (Å²) in [6.07, 6.45) is 4.64. The first-order valence-electron chi connectivity index (χ1n) is 10.7. The maximum Gasteiger partial charge on any atom is 0.251 e. The molecule has 0 radical (unpaired) electrons. The van der Waals surface area contributed by atoms with Gasteiger partial charge in [0, 0.05) is 38.8 Å². The van der Waals surface area contributed by atoms with E-state index in [4.69, 9.17) is 4.99 Å². The highest BCUT2D eigenvalue weighted by atomic mass is 16.1. The fraction of sp³-hybridized carbons (Fsp3) is 0.636. The number of hydrogen-bond acceptors (Lipinski definition) is 3. The maximum absolute atomic E-state index is 11.8. The van der Waals surface area contributed by atoms with E-state index in [2.05, 4.69) is 40.8 Å². The molecule has 1 aromatic rings. The molecule has 0 bridgehead atoms. The molecule has 6 heteroatoms. The number of likely N-dealkylation sites (tertiary alicyclic amines) is 1. The Morgan fingerprint density at radius 2 is 2.18 bits per heavy atom. The van der Waals surface area contributed by atoms with Gasteiger partial charge < -0.3 is 20.9 Å². The fourth-order valence-corrected chi connectivity index (χ4v) is 3.65. The number of aliphatic imine (C=N–C) groups is 1. The van der Waals surface area contributed by atoms with Crippen LogP contribution in [0.2, 0.25) is 0 Å². The first-order chi connectivity index (χ1) is 13.6. The van der Waals surface area contributed by atoms with Crippen LogP contribution in [0.25, 0.3) is 0 Å². The molecule has 1 amide bonds. The number of guanidine groups is 1. The van der Waals surface area contributed by atoms with E-state index in [0.717, 1.165) is 56.5 Å². The molecule has 1 saturated heterocycles. The summed E-state index contributed by atoms with van der Waals surface area (Å²) in [6, 6.07) is 7.77. The van der Waals surface area contributed by atoms with E-state index >= 15 is 0 Å². The highest BCUT2D eigenvalue weighted by molar-refractivity contribution is 5.94. The molecule has 0 saturated carbocycles. The van der Waals surface area contributed by atoms with Gasteiger partial charge in [-0.15, -0.1) is 0 Å². The Morgan fingerprint density at radius 3 is 2.93 bits per heavy atom. The largest absolute Gasteiger partial charge is 0.357 e. The van der Waals surface area contributed by atoms with Crippen molar-refractivity contribution in [1.29, 1.82) is 0 Å². The lowest BCUT2D eigenvalue weighted by molar-refractivity contribution is 0.0963. The van der Waals surface area contributed by atoms with Crippen molar-refractivity contribution in [3.8, 4) is 0 Å². The topological polar surface area (TPSA) is 68.8 Å². The molecule has 1 aromatic carbocycles. The summed E-state index contributed by atoms with van der Waals surface area (Å²) in [5.41, 5.74) is 1.84. The van der Waals surface area contributed by atoms with Gasteiger partial charge in [-0.05, 0) is 69.3 Å². The minimum absolute atomic E-state index is 0.0483. The molecule has 1 heterocycles. The molecule has 156 valence electrons. The molecular weight excluding hydrogens is 350 g/mol. The minimum atomic E-state index is -0.0483. The predicted molar refractivity (Wildman–Crippen MR) is 117 cm³/mol. The van der Waals surface area contributed by atoms with Crippen LogP contribution < -0.4 is 16.0 Å². The lowest BCUT2D eigenvalue weighted by Crippen LogP contribution is -2.38. The summed E-state index contributed by atoms with van der Waals surface area (Å²) >= 11 is 0. The Bertz CT molecular complexity index is 631. The molecular formula is C22H37N5O. The fourth-order valence-electron chi connectivity index (χ4n) is 3.65. The quantitative estimate of drug-likeness (QED) is 0.345. The van der Waals surface area contributed by atoms with E-state index < -0.39 is 0 Å². The van der Waals surface area contributed by atoms with Crippen LogP contribution in [-0.2, 0) is 6.42 Å². The van der Waals surface area contributed by atoms with E-state index in [1.165, 1.54) is 25.9 Å². The summed E-state index contributed by atoms with van der Waals surface area (Å²) < 4.78 is 0. The van der Waals surface area contributed by atoms with Gasteiger partial charge >= 0.3 is 0 Å². The summed E-state index contributed by atoms with van der Waals surface area (Å²) in [5.74, 6) is 1.66. The minimum Gasteiger partial charge on any atom is -0.357 e. The summed E-state index contributed by atoms with van der Waals surface area (Å²) in [7, 11) is 1.65. The number of amides is 1. The average Bonchev–Trinajstić information content (AvgIpc) is 2.71. The van der Waals surface area contributed by atoms with Gasteiger partial charge in [-0.3, -0.25) is 9.79 Å². The Balaban J connectivity index is 1.74. The smallest absolute Gasteiger partial charge is 0.251 e. The number of benzene rings is 1. The van der Waals surface area contributed by atoms with Crippen molar-refractivity contribution in [2.45, 2.75) is 39.5 Å². The van der Waals surface area contributed by atoms with Gasteiger partial charge in [0.05, 0.1) is 0 Å². The Morgan fingerprint density at radius 1 is 1.32 bits per heavy atom. The number of carbonyl (C=O) groups excluding carboxylic acids is 1. The molecule has 1 fully saturated rings. The second-order valence-corrected chi connectivity index (χ2v) is 7.62. The first kappa shape index (κ1) is 22.2. The van der Waals surface area contributed by atoms with Gasteiger partial charge in [0.2, 0.25) is 0 Å². The van der Waals surface area contributed by atoms with Crippen molar-refractivity contribution >= 4 is 11.9 Å². The Labute approximate surface area is 170 Å². The highest BCUT2D eigenvalue weighted by Crippen LogP contribution is 2.15. The lowest BCUT2D eigenvalue weighted by Gasteiger charge is -2.30. The van der Waals surface area contributed by atoms with Crippen molar-refractivity contribution < 1.29 is 4.79 Å². The van der Waals surface area contributed by atoms with Gasteiger partial charge in [0.25, 0.3) is 5.91 Å². The number of rotatable bonds is 9. The second-order valence-electron chi connectivity index (χ2n) is 7.62. The van der Waals surface area contributed by atoms with Crippen molar-refractivity contribution in [3.05, 3.63) is 35.4 Å². The van der Waals surface area contributed by atoms with Crippen LogP contribution in [0.4, 0.5) is 0 Å². The number of nitrogens with zero attached hydrogens (tertiary/aromatic N) is 2. The molecule has 0 aliphatic carbocycles. The van der Waals surface area contributed by atoms with Gasteiger partial charge in [-0.25, -0.2) is 0 Å². The van der Waals surface area contributed by atoms with Gasteiger partial charge in [-0.1, -0.05) is 19.1 Å². The van der Waals surface area contributed by atoms with Crippen molar-refractivity contribution in [3.63, 3.8) is 0 Å². The normalized spacial score (nSPS) is 18.0. The van der Waals surface area contributed by atoms with Crippen molar-refractivity contribution in [2.24, 2.45) is 10.9 Å². The lowest BCUT2D eigenvalue weighted by atomic mass is 10.0. The highest BCUT2D eigenvalue weighted by Gasteiger charge is 2.15. The zero-order chi connectivity index (χ0) is 20.2. The number of piperidine rings is 1. The van der Waals surface area contributed by atoms with E-state index in [9.17, 15) is 4.79 Å². The SMILES string of the molecule is CCNC(=NCCCN1CCCC(C)C1)NCCc1cccc(C(=O)NC)c1. The monoisotopic (exact) mass is 387 g/mol. The zero-order valence-electron chi connectivity index (χ0n) is 17.8. The number of carbonyl (C=O) groups is 1. The van der Waals surface area contributed by atoms with Crippen molar-refractivity contribution in [2.75, 3.05) is 46.3 Å². The molecule has 3 N–H and O–H groups in total. The van der Waals surface area contributed by atoms with Gasteiger partial charge in [-0.2, -0.15) is 0 Å².